The lowest BCUT2D eigenvalue weighted by molar-refractivity contribution is 1.17. The van der Waals surface area contributed by atoms with E-state index >= 15 is 0 Å². The molecule has 6 heteroatoms. The molecule has 6 aromatic heterocycles. The van der Waals surface area contributed by atoms with E-state index in [1.807, 2.05) is 87.7 Å². The van der Waals surface area contributed by atoms with Crippen molar-refractivity contribution in [2.75, 3.05) is 0 Å². The van der Waals surface area contributed by atoms with E-state index in [0.29, 0.717) is 0 Å². The van der Waals surface area contributed by atoms with E-state index in [1.165, 1.54) is 43.8 Å². The molecule has 1 aliphatic carbocycles. The smallest absolute Gasteiger partial charge is 0.0541 e. The second kappa shape index (κ2) is 25.0. The third-order valence-electron chi connectivity index (χ3n) is 17.7. The number of hydrogen-bond donors (Lipinski definition) is 0. The fraction of sp³-hybridized carbons (Fsp3) is 0.0345. The molecule has 1 aliphatic rings. The van der Waals surface area contributed by atoms with E-state index < -0.39 is 0 Å². The van der Waals surface area contributed by atoms with Crippen molar-refractivity contribution in [1.82, 2.24) is 29.1 Å². The van der Waals surface area contributed by atoms with E-state index in [-0.39, 0.29) is 0 Å². The highest BCUT2D eigenvalue weighted by molar-refractivity contribution is 6.13. The Bertz CT molecular complexity index is 4850. The van der Waals surface area contributed by atoms with Gasteiger partial charge >= 0.3 is 0 Å². The lowest BCUT2D eigenvalue weighted by Gasteiger charge is -2.13. The van der Waals surface area contributed by atoms with Crippen LogP contribution in [0.4, 0.5) is 0 Å². The molecule has 0 bridgehead atoms. The summed E-state index contributed by atoms with van der Waals surface area (Å²) >= 11 is 0. The van der Waals surface area contributed by atoms with Crippen molar-refractivity contribution in [3.8, 4) is 112 Å². The fourth-order valence-corrected chi connectivity index (χ4v) is 13.4. The zero-order chi connectivity index (χ0) is 62.8. The van der Waals surface area contributed by atoms with Crippen LogP contribution in [0, 0.1) is 0 Å². The van der Waals surface area contributed by atoms with Crippen molar-refractivity contribution >= 4 is 43.6 Å². The van der Waals surface area contributed by atoms with Gasteiger partial charge in [-0.1, -0.05) is 146 Å². The topological polar surface area (TPSA) is 61.4 Å². The Morgan fingerprint density at radius 1 is 0.269 bits per heavy atom. The van der Waals surface area contributed by atoms with Crippen LogP contribution < -0.4 is 0 Å². The van der Waals surface area contributed by atoms with Gasteiger partial charge in [-0.15, -0.1) is 13.2 Å². The molecule has 0 amide bonds. The summed E-state index contributed by atoms with van der Waals surface area (Å²) in [6.45, 7) is 10.5. The monoisotopic (exact) mass is 1190 g/mol. The molecule has 10 aromatic carbocycles. The van der Waals surface area contributed by atoms with Crippen LogP contribution in [-0.4, -0.2) is 29.1 Å². The summed E-state index contributed by atoms with van der Waals surface area (Å²) in [5.74, 6) is 0. The molecule has 6 nitrogen and oxygen atoms in total. The maximum Gasteiger partial charge on any atom is 0.0541 e. The average Bonchev–Trinajstić information content (AvgIpc) is 1.59. The first kappa shape index (κ1) is 57.3. The molecule has 0 saturated heterocycles. The number of fused-ring (bicyclic) bond motifs is 9. The number of allylic oxidation sites excluding steroid dienone is 2. The first-order valence-corrected chi connectivity index (χ1v) is 31.5. The first-order chi connectivity index (χ1) is 45.9. The Morgan fingerprint density at radius 2 is 0.505 bits per heavy atom. The highest BCUT2D eigenvalue weighted by Crippen LogP contribution is 2.45. The molecule has 16 aromatic rings. The molecule has 0 unspecified atom stereocenters. The minimum Gasteiger partial charge on any atom is -0.309 e. The Morgan fingerprint density at radius 3 is 0.753 bits per heavy atom. The van der Waals surface area contributed by atoms with Crippen molar-refractivity contribution < 1.29 is 0 Å². The van der Waals surface area contributed by atoms with Crippen LogP contribution >= 0.6 is 0 Å². The Balaban J connectivity index is 0.00000115. The molecule has 0 atom stereocenters. The molecule has 0 N–H and O–H groups in total. The number of benzene rings is 10. The lowest BCUT2D eigenvalue weighted by atomic mass is 9.97. The standard InChI is InChI=1S/C81H52N6.2C3H6/c1-9-52(37-56(13-1)66-17-5-33-82-48-66)60-23-29-78-74(42-60)75-43-61(53-10-2-14-57(38-53)67-18-6-34-83-49-67)24-30-79(75)86(78)70-27-21-64-41-65-22-28-71(47-73(65)72(64)46-70)87-80-31-25-62(54-11-3-15-58(39-54)68-19-7-35-84-50-68)44-76(80)77-45-63(26-32-81(77)87)55-12-4-16-59(40-55)69-20-8-36-85-51-69;2*1-3-2/h1-40,42-51H,41H2;2*3H,1H2,2H3. The van der Waals surface area contributed by atoms with Gasteiger partial charge in [-0.05, 0) is 231 Å². The van der Waals surface area contributed by atoms with E-state index in [2.05, 4.69) is 273 Å². The fourth-order valence-electron chi connectivity index (χ4n) is 13.4. The molecular weight excluding hydrogens is 1130 g/mol. The quantitative estimate of drug-likeness (QED) is 0.128. The summed E-state index contributed by atoms with van der Waals surface area (Å²) in [7, 11) is 0. The van der Waals surface area contributed by atoms with E-state index in [9.17, 15) is 0 Å². The number of hydrogen-bond acceptors (Lipinski definition) is 4. The number of pyridine rings is 4. The SMILES string of the molecule is C=CC.C=CC.c1cncc(-c2cccc(-c3ccc4c(c3)c3cc(-c5cccc(-c6cccnc6)c5)ccc3n4-c3ccc4c(c3)-c3cc(-n5c6ccc(-c7cccc(-c8cccnc8)c7)cc6c6cc(-c7cccc(-c8cccnc8)c7)ccc65)ccc3C4)c2)c1. The molecule has 0 aliphatic heterocycles. The minimum absolute atomic E-state index is 0.872. The highest BCUT2D eigenvalue weighted by Gasteiger charge is 2.24. The summed E-state index contributed by atoms with van der Waals surface area (Å²) in [6.07, 6.45) is 19.4. The molecule has 93 heavy (non-hydrogen) atoms. The van der Waals surface area contributed by atoms with Gasteiger partial charge in [-0.25, -0.2) is 0 Å². The van der Waals surface area contributed by atoms with Crippen molar-refractivity contribution in [3.05, 3.63) is 341 Å². The third-order valence-corrected chi connectivity index (χ3v) is 17.7. The van der Waals surface area contributed by atoms with Crippen LogP contribution in [-0.2, 0) is 6.42 Å². The molecule has 0 saturated carbocycles. The van der Waals surface area contributed by atoms with Gasteiger partial charge in [-0.2, -0.15) is 0 Å². The van der Waals surface area contributed by atoms with Gasteiger partial charge < -0.3 is 9.13 Å². The lowest BCUT2D eigenvalue weighted by Crippen LogP contribution is -1.96. The van der Waals surface area contributed by atoms with Crippen molar-refractivity contribution in [1.29, 1.82) is 0 Å². The van der Waals surface area contributed by atoms with Crippen LogP contribution in [0.5, 0.6) is 0 Å². The van der Waals surface area contributed by atoms with E-state index in [1.54, 1.807) is 12.2 Å². The van der Waals surface area contributed by atoms with Gasteiger partial charge in [0.15, 0.2) is 0 Å². The van der Waals surface area contributed by atoms with Crippen LogP contribution in [0.15, 0.2) is 330 Å². The second-order valence-electron chi connectivity index (χ2n) is 23.6. The third kappa shape index (κ3) is 11.0. The summed E-state index contributed by atoms with van der Waals surface area (Å²) in [5.41, 5.74) is 30.3. The Kier molecular flexibility index (Phi) is 15.4. The molecule has 0 fully saturated rings. The van der Waals surface area contributed by atoms with Gasteiger partial charge in [-0.3, -0.25) is 19.9 Å². The summed E-state index contributed by atoms with van der Waals surface area (Å²) in [4.78, 5) is 17.7. The van der Waals surface area contributed by atoms with Crippen LogP contribution in [0.2, 0.25) is 0 Å². The van der Waals surface area contributed by atoms with Crippen LogP contribution in [0.3, 0.4) is 0 Å². The predicted octanol–water partition coefficient (Wildman–Crippen LogP) is 22.8. The van der Waals surface area contributed by atoms with Gasteiger partial charge in [0.1, 0.15) is 0 Å². The molecule has 17 rings (SSSR count). The zero-order valence-corrected chi connectivity index (χ0v) is 51.8. The molecule has 6 heterocycles. The average molecular weight is 1190 g/mol. The molecule has 0 spiro atoms. The molecule has 0 radical (unpaired) electrons. The van der Waals surface area contributed by atoms with Crippen molar-refractivity contribution in [2.45, 2.75) is 20.3 Å². The number of nitrogens with zero attached hydrogens (tertiary/aromatic N) is 6. The predicted molar refractivity (Wildman–Crippen MR) is 390 cm³/mol. The maximum absolute atomic E-state index is 4.43. The first-order valence-electron chi connectivity index (χ1n) is 31.5. The molecule has 442 valence electrons. The minimum atomic E-state index is 0.872. The van der Waals surface area contributed by atoms with Crippen LogP contribution in [0.25, 0.3) is 155 Å². The Hall–Kier alpha value is -12.1. The van der Waals surface area contributed by atoms with Gasteiger partial charge in [0.05, 0.1) is 22.1 Å². The van der Waals surface area contributed by atoms with Crippen LogP contribution in [0.1, 0.15) is 25.0 Å². The Labute approximate surface area is 542 Å². The van der Waals surface area contributed by atoms with Gasteiger partial charge in [0, 0.05) is 105 Å². The zero-order valence-electron chi connectivity index (χ0n) is 51.8. The highest BCUT2D eigenvalue weighted by atomic mass is 15.0. The van der Waals surface area contributed by atoms with E-state index in [4.69, 9.17) is 0 Å². The van der Waals surface area contributed by atoms with Crippen molar-refractivity contribution in [2.24, 2.45) is 0 Å². The normalized spacial score (nSPS) is 11.4. The summed E-state index contributed by atoms with van der Waals surface area (Å²) in [6, 6.07) is 93.9. The molecular formula is C87H64N6. The van der Waals surface area contributed by atoms with E-state index in [0.717, 1.165) is 129 Å². The van der Waals surface area contributed by atoms with Crippen molar-refractivity contribution in [3.63, 3.8) is 0 Å². The number of aromatic nitrogens is 6. The van der Waals surface area contributed by atoms with Gasteiger partial charge in [0.2, 0.25) is 0 Å². The summed E-state index contributed by atoms with van der Waals surface area (Å²) < 4.78 is 4.94. The largest absolute Gasteiger partial charge is 0.309 e. The van der Waals surface area contributed by atoms with Gasteiger partial charge in [0.25, 0.3) is 0 Å². The number of rotatable bonds is 10. The summed E-state index contributed by atoms with van der Waals surface area (Å²) in [5, 5.41) is 4.79. The maximum atomic E-state index is 4.43. The second-order valence-corrected chi connectivity index (χ2v) is 23.6.